The molecule has 0 bridgehead atoms. The standard InChI is InChI=1S/C12H16N4O6S/c17-15(18)10-3-4-12(11(9-10)16(19)20)23(21,22)14-7-1-5-13-6-2-8-14/h3-4,9,13H,1-2,5-8H2. The summed E-state index contributed by atoms with van der Waals surface area (Å²) in [7, 11) is -4.08. The van der Waals surface area contributed by atoms with E-state index in [4.69, 9.17) is 0 Å². The molecule has 0 spiro atoms. The predicted molar refractivity (Wildman–Crippen MR) is 80.6 cm³/mol. The van der Waals surface area contributed by atoms with E-state index < -0.39 is 36.1 Å². The quantitative estimate of drug-likeness (QED) is 0.632. The average molecular weight is 344 g/mol. The number of hydrogen-bond donors (Lipinski definition) is 1. The van der Waals surface area contributed by atoms with Gasteiger partial charge in [0.05, 0.1) is 15.9 Å². The molecule has 0 atom stereocenters. The van der Waals surface area contributed by atoms with Crippen LogP contribution in [0.2, 0.25) is 0 Å². The molecule has 1 aromatic carbocycles. The fraction of sp³-hybridized carbons (Fsp3) is 0.500. The SMILES string of the molecule is O=[N+]([O-])c1ccc(S(=O)(=O)N2CCCNCCC2)c([N+](=O)[O-])c1. The lowest BCUT2D eigenvalue weighted by atomic mass is 10.3. The van der Waals surface area contributed by atoms with Crippen LogP contribution in [0, 0.1) is 20.2 Å². The van der Waals surface area contributed by atoms with E-state index in [2.05, 4.69) is 5.32 Å². The Bertz CT molecular complexity index is 712. The van der Waals surface area contributed by atoms with Gasteiger partial charge in [-0.15, -0.1) is 0 Å². The lowest BCUT2D eigenvalue weighted by molar-refractivity contribution is -0.396. The maximum Gasteiger partial charge on any atom is 0.296 e. The van der Waals surface area contributed by atoms with Crippen molar-refractivity contribution in [2.75, 3.05) is 26.2 Å². The highest BCUT2D eigenvalue weighted by atomic mass is 32.2. The van der Waals surface area contributed by atoms with Crippen molar-refractivity contribution in [1.29, 1.82) is 0 Å². The fourth-order valence-electron chi connectivity index (χ4n) is 2.36. The van der Waals surface area contributed by atoms with E-state index >= 15 is 0 Å². The molecule has 1 fully saturated rings. The first-order chi connectivity index (χ1) is 10.8. The summed E-state index contributed by atoms with van der Waals surface area (Å²) < 4.78 is 26.6. The normalized spacial score (nSPS) is 17.2. The van der Waals surface area contributed by atoms with Crippen molar-refractivity contribution < 1.29 is 18.3 Å². The molecular formula is C12H16N4O6S. The van der Waals surface area contributed by atoms with Gasteiger partial charge in [0.2, 0.25) is 10.0 Å². The second kappa shape index (κ2) is 6.98. The van der Waals surface area contributed by atoms with Crippen LogP contribution >= 0.6 is 0 Å². The monoisotopic (exact) mass is 344 g/mol. The molecule has 0 amide bonds. The maximum absolute atomic E-state index is 12.7. The van der Waals surface area contributed by atoms with Crippen molar-refractivity contribution in [3.8, 4) is 0 Å². The zero-order chi connectivity index (χ0) is 17.0. The summed E-state index contributed by atoms with van der Waals surface area (Å²) >= 11 is 0. The van der Waals surface area contributed by atoms with E-state index in [1.54, 1.807) is 0 Å². The van der Waals surface area contributed by atoms with Gasteiger partial charge in [0.15, 0.2) is 4.90 Å². The number of benzene rings is 1. The van der Waals surface area contributed by atoms with Crippen molar-refractivity contribution in [1.82, 2.24) is 9.62 Å². The molecular weight excluding hydrogens is 328 g/mol. The van der Waals surface area contributed by atoms with Crippen LogP contribution in [0.25, 0.3) is 0 Å². The van der Waals surface area contributed by atoms with Crippen LogP contribution in [0.3, 0.4) is 0 Å². The van der Waals surface area contributed by atoms with Crippen LogP contribution in [0.5, 0.6) is 0 Å². The summed E-state index contributed by atoms with van der Waals surface area (Å²) in [5, 5.41) is 25.0. The average Bonchev–Trinajstić information content (AvgIpc) is 2.45. The number of nitrogens with zero attached hydrogens (tertiary/aromatic N) is 3. The first kappa shape index (κ1) is 17.2. The first-order valence-corrected chi connectivity index (χ1v) is 8.42. The Labute approximate surface area is 132 Å². The second-order valence-electron chi connectivity index (χ2n) is 5.03. The minimum atomic E-state index is -4.08. The van der Waals surface area contributed by atoms with Gasteiger partial charge >= 0.3 is 0 Å². The van der Waals surface area contributed by atoms with Crippen LogP contribution in [0.15, 0.2) is 23.1 Å². The number of nitro groups is 2. The van der Waals surface area contributed by atoms with Crippen LogP contribution < -0.4 is 5.32 Å². The predicted octanol–water partition coefficient (Wildman–Crippen LogP) is 0.877. The van der Waals surface area contributed by atoms with Crippen LogP contribution in [0.1, 0.15) is 12.8 Å². The number of hydrogen-bond acceptors (Lipinski definition) is 7. The Kier molecular flexibility index (Phi) is 5.23. The Hall–Kier alpha value is -2.11. The largest absolute Gasteiger partial charge is 0.317 e. The van der Waals surface area contributed by atoms with Crippen molar-refractivity contribution in [2.24, 2.45) is 0 Å². The third-order valence-electron chi connectivity index (χ3n) is 3.49. The Morgan fingerprint density at radius 2 is 1.65 bits per heavy atom. The Morgan fingerprint density at radius 3 is 2.17 bits per heavy atom. The van der Waals surface area contributed by atoms with Gasteiger partial charge in [0, 0.05) is 19.2 Å². The summed E-state index contributed by atoms with van der Waals surface area (Å²) in [6.45, 7) is 1.80. The molecule has 1 aliphatic heterocycles. The molecule has 0 saturated carbocycles. The molecule has 10 nitrogen and oxygen atoms in total. The fourth-order valence-corrected chi connectivity index (χ4v) is 4.01. The van der Waals surface area contributed by atoms with Crippen molar-refractivity contribution >= 4 is 21.4 Å². The van der Waals surface area contributed by atoms with Crippen LogP contribution in [0.4, 0.5) is 11.4 Å². The Balaban J connectivity index is 2.45. The van der Waals surface area contributed by atoms with Crippen molar-refractivity contribution in [3.05, 3.63) is 38.4 Å². The zero-order valence-electron chi connectivity index (χ0n) is 12.2. The first-order valence-electron chi connectivity index (χ1n) is 6.98. The van der Waals surface area contributed by atoms with Crippen molar-refractivity contribution in [2.45, 2.75) is 17.7 Å². The van der Waals surface area contributed by atoms with Crippen LogP contribution in [-0.4, -0.2) is 48.7 Å². The summed E-state index contributed by atoms with van der Waals surface area (Å²) in [6.07, 6.45) is 1.17. The molecule has 126 valence electrons. The highest BCUT2D eigenvalue weighted by Gasteiger charge is 2.33. The van der Waals surface area contributed by atoms with Gasteiger partial charge in [0.25, 0.3) is 11.4 Å². The molecule has 0 aliphatic carbocycles. The molecule has 1 N–H and O–H groups in total. The molecule has 1 saturated heterocycles. The summed E-state index contributed by atoms with van der Waals surface area (Å²) in [5.41, 5.74) is -1.30. The third-order valence-corrected chi connectivity index (χ3v) is 5.44. The van der Waals surface area contributed by atoms with Crippen molar-refractivity contribution in [3.63, 3.8) is 0 Å². The number of nitro benzene ring substituents is 2. The molecule has 0 radical (unpaired) electrons. The molecule has 0 aromatic heterocycles. The number of non-ortho nitro benzene ring substituents is 1. The summed E-state index contributed by atoms with van der Waals surface area (Å²) in [6, 6.07) is 2.58. The van der Waals surface area contributed by atoms with Gasteiger partial charge in [-0.3, -0.25) is 20.2 Å². The van der Waals surface area contributed by atoms with E-state index in [0.717, 1.165) is 12.1 Å². The number of rotatable bonds is 4. The Morgan fingerprint density at radius 1 is 1.04 bits per heavy atom. The zero-order valence-corrected chi connectivity index (χ0v) is 13.0. The van der Waals surface area contributed by atoms with Gasteiger partial charge in [-0.1, -0.05) is 0 Å². The molecule has 23 heavy (non-hydrogen) atoms. The maximum atomic E-state index is 12.7. The molecule has 1 heterocycles. The number of sulfonamides is 1. The van der Waals surface area contributed by atoms with E-state index in [0.29, 0.717) is 32.0 Å². The minimum absolute atomic E-state index is 0.240. The van der Waals surface area contributed by atoms with Gasteiger partial charge in [-0.25, -0.2) is 8.42 Å². The van der Waals surface area contributed by atoms with Gasteiger partial charge in [-0.2, -0.15) is 4.31 Å². The summed E-state index contributed by atoms with van der Waals surface area (Å²) in [4.78, 5) is 19.7. The lowest BCUT2D eigenvalue weighted by Gasteiger charge is -2.24. The molecule has 11 heteroatoms. The van der Waals surface area contributed by atoms with E-state index in [-0.39, 0.29) is 13.1 Å². The van der Waals surface area contributed by atoms with Crippen LogP contribution in [-0.2, 0) is 10.0 Å². The smallest absolute Gasteiger partial charge is 0.296 e. The molecule has 1 aromatic rings. The topological polar surface area (TPSA) is 136 Å². The molecule has 0 unspecified atom stereocenters. The van der Waals surface area contributed by atoms with E-state index in [1.807, 2.05) is 0 Å². The van der Waals surface area contributed by atoms with Gasteiger partial charge in [-0.05, 0) is 32.0 Å². The summed E-state index contributed by atoms with van der Waals surface area (Å²) in [5.74, 6) is 0. The van der Waals surface area contributed by atoms with Gasteiger partial charge < -0.3 is 5.32 Å². The van der Waals surface area contributed by atoms with E-state index in [1.165, 1.54) is 4.31 Å². The molecule has 1 aliphatic rings. The van der Waals surface area contributed by atoms with Gasteiger partial charge in [0.1, 0.15) is 0 Å². The minimum Gasteiger partial charge on any atom is -0.317 e. The highest BCUT2D eigenvalue weighted by molar-refractivity contribution is 7.89. The number of nitrogens with one attached hydrogen (secondary N) is 1. The molecule has 2 rings (SSSR count). The highest BCUT2D eigenvalue weighted by Crippen LogP contribution is 2.30. The lowest BCUT2D eigenvalue weighted by Crippen LogP contribution is -2.38. The third kappa shape index (κ3) is 3.81. The second-order valence-corrected chi connectivity index (χ2v) is 6.93. The van der Waals surface area contributed by atoms with E-state index in [9.17, 15) is 28.6 Å².